The molecule has 0 bridgehead atoms. The van der Waals surface area contributed by atoms with E-state index in [4.69, 9.17) is 0 Å². The number of rotatable bonds is 4. The molecular formula is C16H14BrFN2. The number of aromatic amines is 1. The van der Waals surface area contributed by atoms with Crippen LogP contribution in [-0.4, -0.2) is 4.98 Å². The summed E-state index contributed by atoms with van der Waals surface area (Å²) in [5.74, 6) is -0.210. The van der Waals surface area contributed by atoms with Gasteiger partial charge in [0.25, 0.3) is 0 Å². The molecule has 0 saturated carbocycles. The van der Waals surface area contributed by atoms with E-state index >= 15 is 0 Å². The predicted octanol–water partition coefficient (Wildman–Crippen LogP) is 4.36. The van der Waals surface area contributed by atoms with Crippen molar-refractivity contribution in [3.8, 4) is 0 Å². The lowest BCUT2D eigenvalue weighted by atomic mass is 10.1. The lowest BCUT2D eigenvalue weighted by molar-refractivity contribution is 0.619. The van der Waals surface area contributed by atoms with Crippen molar-refractivity contribution < 1.29 is 4.39 Å². The molecule has 2 nitrogen and oxygen atoms in total. The van der Waals surface area contributed by atoms with Crippen LogP contribution in [0.5, 0.6) is 0 Å². The van der Waals surface area contributed by atoms with Gasteiger partial charge in [-0.3, -0.25) is 0 Å². The monoisotopic (exact) mass is 332 g/mol. The molecule has 0 aliphatic rings. The molecule has 0 amide bonds. The topological polar surface area (TPSA) is 27.8 Å². The third-order valence-electron chi connectivity index (χ3n) is 3.32. The van der Waals surface area contributed by atoms with Crippen LogP contribution in [0, 0.1) is 5.82 Å². The van der Waals surface area contributed by atoms with Gasteiger partial charge in [0.2, 0.25) is 0 Å². The van der Waals surface area contributed by atoms with Crippen molar-refractivity contribution in [2.24, 2.45) is 0 Å². The maximum absolute atomic E-state index is 13.2. The van der Waals surface area contributed by atoms with Gasteiger partial charge in [-0.1, -0.05) is 28.1 Å². The van der Waals surface area contributed by atoms with Crippen LogP contribution in [0.25, 0.3) is 10.9 Å². The highest BCUT2D eigenvalue weighted by atomic mass is 79.9. The number of hydrogen-bond acceptors (Lipinski definition) is 1. The minimum absolute atomic E-state index is 0.210. The molecule has 0 saturated heterocycles. The molecule has 2 aromatic carbocycles. The van der Waals surface area contributed by atoms with Crippen LogP contribution in [0.2, 0.25) is 0 Å². The number of halogens is 2. The zero-order valence-corrected chi connectivity index (χ0v) is 12.4. The Kier molecular flexibility index (Phi) is 3.85. The Morgan fingerprint density at radius 2 is 1.90 bits per heavy atom. The molecule has 20 heavy (non-hydrogen) atoms. The Morgan fingerprint density at radius 3 is 2.80 bits per heavy atom. The van der Waals surface area contributed by atoms with Gasteiger partial charge in [-0.2, -0.15) is 0 Å². The summed E-state index contributed by atoms with van der Waals surface area (Å²) in [5, 5.41) is 4.58. The van der Waals surface area contributed by atoms with Gasteiger partial charge in [-0.25, -0.2) is 4.39 Å². The highest BCUT2D eigenvalue weighted by Crippen LogP contribution is 2.19. The van der Waals surface area contributed by atoms with Crippen LogP contribution >= 0.6 is 15.9 Å². The van der Waals surface area contributed by atoms with Crippen molar-refractivity contribution in [1.82, 2.24) is 10.3 Å². The minimum atomic E-state index is -0.210. The Hall–Kier alpha value is -1.65. The summed E-state index contributed by atoms with van der Waals surface area (Å²) >= 11 is 3.44. The number of fused-ring (bicyclic) bond motifs is 1. The molecule has 0 aliphatic heterocycles. The van der Waals surface area contributed by atoms with E-state index in [1.54, 1.807) is 12.1 Å². The zero-order chi connectivity index (χ0) is 13.9. The summed E-state index contributed by atoms with van der Waals surface area (Å²) in [6, 6.07) is 13.0. The van der Waals surface area contributed by atoms with Gasteiger partial charge in [0.05, 0.1) is 0 Å². The third-order valence-corrected chi connectivity index (χ3v) is 4.10. The Balaban J connectivity index is 1.71. The quantitative estimate of drug-likeness (QED) is 0.729. The molecular weight excluding hydrogens is 319 g/mol. The highest BCUT2D eigenvalue weighted by molar-refractivity contribution is 9.10. The van der Waals surface area contributed by atoms with Crippen LogP contribution in [0.1, 0.15) is 11.1 Å². The Bertz CT molecular complexity index is 736. The van der Waals surface area contributed by atoms with E-state index in [1.807, 2.05) is 12.3 Å². The fourth-order valence-corrected chi connectivity index (χ4v) is 2.70. The maximum atomic E-state index is 13.2. The third kappa shape index (κ3) is 2.76. The summed E-state index contributed by atoms with van der Waals surface area (Å²) in [6.07, 6.45) is 1.94. The average Bonchev–Trinajstić information content (AvgIpc) is 2.92. The van der Waals surface area contributed by atoms with Gasteiger partial charge in [-0.05, 0) is 41.5 Å². The van der Waals surface area contributed by atoms with Crippen molar-refractivity contribution in [3.63, 3.8) is 0 Å². The maximum Gasteiger partial charge on any atom is 0.123 e. The molecule has 0 unspecified atom stereocenters. The van der Waals surface area contributed by atoms with Crippen molar-refractivity contribution in [2.45, 2.75) is 13.1 Å². The lowest BCUT2D eigenvalue weighted by Gasteiger charge is -2.08. The second-order valence-electron chi connectivity index (χ2n) is 4.70. The summed E-state index contributed by atoms with van der Waals surface area (Å²) in [6.45, 7) is 1.37. The Morgan fingerprint density at radius 1 is 1.05 bits per heavy atom. The molecule has 0 atom stereocenters. The second kappa shape index (κ2) is 5.77. The largest absolute Gasteiger partial charge is 0.361 e. The number of aromatic nitrogens is 1. The summed E-state index contributed by atoms with van der Waals surface area (Å²) < 4.78 is 14.1. The van der Waals surface area contributed by atoms with Gasteiger partial charge < -0.3 is 10.3 Å². The van der Waals surface area contributed by atoms with E-state index in [9.17, 15) is 4.39 Å². The summed E-state index contributed by atoms with van der Waals surface area (Å²) in [7, 11) is 0. The first kappa shape index (κ1) is 13.3. The number of nitrogens with one attached hydrogen (secondary N) is 2. The SMILES string of the molecule is Fc1ccc(Br)c(CNCc2cccc3[nH]ccc23)c1. The van der Waals surface area contributed by atoms with Gasteiger partial charge in [-0.15, -0.1) is 0 Å². The van der Waals surface area contributed by atoms with E-state index in [1.165, 1.54) is 17.0 Å². The van der Waals surface area contributed by atoms with Crippen LogP contribution < -0.4 is 5.32 Å². The molecule has 0 radical (unpaired) electrons. The number of H-pyrrole nitrogens is 1. The normalized spacial score (nSPS) is 11.1. The van der Waals surface area contributed by atoms with Crippen molar-refractivity contribution in [1.29, 1.82) is 0 Å². The van der Waals surface area contributed by atoms with Gasteiger partial charge >= 0.3 is 0 Å². The van der Waals surface area contributed by atoms with Crippen LogP contribution in [-0.2, 0) is 13.1 Å². The zero-order valence-electron chi connectivity index (χ0n) is 10.8. The van der Waals surface area contributed by atoms with E-state index in [0.29, 0.717) is 6.54 Å². The van der Waals surface area contributed by atoms with E-state index in [0.717, 1.165) is 22.1 Å². The van der Waals surface area contributed by atoms with Gasteiger partial charge in [0, 0.05) is 34.7 Å². The highest BCUT2D eigenvalue weighted by Gasteiger charge is 2.04. The molecule has 0 fully saturated rings. The molecule has 102 valence electrons. The first-order chi connectivity index (χ1) is 9.74. The fourth-order valence-electron chi connectivity index (χ4n) is 2.32. The lowest BCUT2D eigenvalue weighted by Crippen LogP contribution is -2.13. The number of hydrogen-bond donors (Lipinski definition) is 2. The standard InChI is InChI=1S/C16H14BrFN2/c17-15-5-4-13(18)8-12(15)10-19-9-11-2-1-3-16-14(11)6-7-20-16/h1-8,19-20H,9-10H2. The molecule has 2 N–H and O–H groups in total. The molecule has 4 heteroatoms. The summed E-state index contributed by atoms with van der Waals surface area (Å²) in [5.41, 5.74) is 3.29. The minimum Gasteiger partial charge on any atom is -0.361 e. The van der Waals surface area contributed by atoms with Crippen molar-refractivity contribution >= 4 is 26.8 Å². The number of benzene rings is 2. The molecule has 3 aromatic rings. The van der Waals surface area contributed by atoms with E-state index in [-0.39, 0.29) is 5.82 Å². The molecule has 1 aromatic heterocycles. The molecule has 1 heterocycles. The van der Waals surface area contributed by atoms with Crippen molar-refractivity contribution in [2.75, 3.05) is 0 Å². The first-order valence-corrected chi connectivity index (χ1v) is 7.23. The van der Waals surface area contributed by atoms with Crippen LogP contribution in [0.3, 0.4) is 0 Å². The average molecular weight is 333 g/mol. The Labute approximate surface area is 125 Å². The molecule has 3 rings (SSSR count). The molecule has 0 spiro atoms. The van der Waals surface area contributed by atoms with Crippen LogP contribution in [0.15, 0.2) is 53.1 Å². The van der Waals surface area contributed by atoms with Crippen LogP contribution in [0.4, 0.5) is 4.39 Å². The van der Waals surface area contributed by atoms with Crippen molar-refractivity contribution in [3.05, 3.63) is 70.1 Å². The van der Waals surface area contributed by atoms with Gasteiger partial charge in [0.15, 0.2) is 0 Å². The first-order valence-electron chi connectivity index (χ1n) is 6.43. The van der Waals surface area contributed by atoms with E-state index < -0.39 is 0 Å². The van der Waals surface area contributed by atoms with E-state index in [2.05, 4.69) is 44.4 Å². The molecule has 0 aliphatic carbocycles. The van der Waals surface area contributed by atoms with Gasteiger partial charge in [0.1, 0.15) is 5.82 Å². The predicted molar refractivity (Wildman–Crippen MR) is 82.9 cm³/mol. The fraction of sp³-hybridized carbons (Fsp3) is 0.125. The summed E-state index contributed by atoms with van der Waals surface area (Å²) in [4.78, 5) is 3.20. The second-order valence-corrected chi connectivity index (χ2v) is 5.55. The smallest absolute Gasteiger partial charge is 0.123 e.